The fraction of sp³-hybridized carbons (Fsp3) is 0.385. The van der Waals surface area contributed by atoms with E-state index in [2.05, 4.69) is 15.5 Å². The van der Waals surface area contributed by atoms with Crippen LogP contribution in [0.25, 0.3) is 10.6 Å². The van der Waals surface area contributed by atoms with Crippen LogP contribution in [-0.2, 0) is 6.42 Å². The molecular weight excluding hydrogens is 246 g/mol. The number of hydrogen-bond acceptors (Lipinski definition) is 5. The summed E-state index contributed by atoms with van der Waals surface area (Å²) in [6, 6.07) is 7.97. The summed E-state index contributed by atoms with van der Waals surface area (Å²) < 4.78 is 5.41. The van der Waals surface area contributed by atoms with Gasteiger partial charge in [0.15, 0.2) is 0 Å². The predicted octanol–water partition coefficient (Wildman–Crippen LogP) is 2.37. The molecular formula is C13H17N3OS. The Balaban J connectivity index is 2.08. The third-order valence-corrected chi connectivity index (χ3v) is 3.50. The normalized spacial score (nSPS) is 10.6. The van der Waals surface area contributed by atoms with Gasteiger partial charge < -0.3 is 10.1 Å². The van der Waals surface area contributed by atoms with Gasteiger partial charge in [-0.2, -0.15) is 0 Å². The zero-order valence-corrected chi connectivity index (χ0v) is 11.5. The van der Waals surface area contributed by atoms with Crippen molar-refractivity contribution >= 4 is 11.3 Å². The summed E-state index contributed by atoms with van der Waals surface area (Å²) in [5, 5.41) is 13.5. The Labute approximate surface area is 111 Å². The van der Waals surface area contributed by atoms with Crippen LogP contribution in [-0.4, -0.2) is 30.4 Å². The van der Waals surface area contributed by atoms with Gasteiger partial charge in [-0.05, 0) is 38.2 Å². The number of nitrogens with one attached hydrogen (secondary N) is 1. The van der Waals surface area contributed by atoms with E-state index in [1.54, 1.807) is 11.3 Å². The van der Waals surface area contributed by atoms with Crippen LogP contribution >= 0.6 is 11.3 Å². The van der Waals surface area contributed by atoms with Gasteiger partial charge in [0.05, 0.1) is 6.61 Å². The van der Waals surface area contributed by atoms with Crippen molar-refractivity contribution in [1.29, 1.82) is 0 Å². The molecule has 1 aromatic heterocycles. The minimum atomic E-state index is 0.687. The van der Waals surface area contributed by atoms with Crippen molar-refractivity contribution in [2.75, 3.05) is 20.2 Å². The van der Waals surface area contributed by atoms with Crippen LogP contribution in [0.5, 0.6) is 5.75 Å². The van der Waals surface area contributed by atoms with Crippen molar-refractivity contribution in [3.63, 3.8) is 0 Å². The lowest BCUT2D eigenvalue weighted by Crippen LogP contribution is -2.09. The lowest BCUT2D eigenvalue weighted by Gasteiger charge is -2.02. The molecule has 0 aliphatic heterocycles. The standard InChI is InChI=1S/C13H17N3OS/c1-3-17-11-6-4-10(5-7-11)13-16-15-12(18-13)8-9-14-2/h4-7,14H,3,8-9H2,1-2H3. The van der Waals surface area contributed by atoms with Crippen molar-refractivity contribution in [3.8, 4) is 16.3 Å². The van der Waals surface area contributed by atoms with E-state index in [0.717, 1.165) is 34.3 Å². The van der Waals surface area contributed by atoms with Crippen molar-refractivity contribution in [2.24, 2.45) is 0 Å². The Kier molecular flexibility index (Phi) is 4.66. The smallest absolute Gasteiger partial charge is 0.147 e. The van der Waals surface area contributed by atoms with Crippen molar-refractivity contribution < 1.29 is 4.74 Å². The van der Waals surface area contributed by atoms with Crippen LogP contribution < -0.4 is 10.1 Å². The number of benzene rings is 1. The van der Waals surface area contributed by atoms with Crippen LogP contribution in [0, 0.1) is 0 Å². The zero-order valence-electron chi connectivity index (χ0n) is 10.6. The molecule has 0 spiro atoms. The molecule has 0 amide bonds. The van der Waals surface area contributed by atoms with Gasteiger partial charge >= 0.3 is 0 Å². The minimum absolute atomic E-state index is 0.687. The van der Waals surface area contributed by atoms with E-state index in [1.807, 2.05) is 38.2 Å². The maximum absolute atomic E-state index is 5.41. The first-order valence-electron chi connectivity index (χ1n) is 6.03. The Morgan fingerprint density at radius 2 is 2.00 bits per heavy atom. The van der Waals surface area contributed by atoms with Crippen LogP contribution in [0.2, 0.25) is 0 Å². The maximum Gasteiger partial charge on any atom is 0.147 e. The van der Waals surface area contributed by atoms with Crippen molar-refractivity contribution in [2.45, 2.75) is 13.3 Å². The lowest BCUT2D eigenvalue weighted by atomic mass is 10.2. The second-order valence-corrected chi connectivity index (χ2v) is 4.87. The van der Waals surface area contributed by atoms with E-state index in [-0.39, 0.29) is 0 Å². The molecule has 0 atom stereocenters. The Hall–Kier alpha value is -1.46. The summed E-state index contributed by atoms with van der Waals surface area (Å²) in [4.78, 5) is 0. The molecule has 0 aliphatic carbocycles. The molecule has 96 valence electrons. The molecule has 2 aromatic rings. The number of rotatable bonds is 6. The summed E-state index contributed by atoms with van der Waals surface area (Å²) in [5.41, 5.74) is 1.09. The predicted molar refractivity (Wildman–Crippen MR) is 74.1 cm³/mol. The molecule has 0 unspecified atom stereocenters. The van der Waals surface area contributed by atoms with Crippen molar-refractivity contribution in [3.05, 3.63) is 29.3 Å². The molecule has 2 rings (SSSR count). The number of likely N-dealkylation sites (N-methyl/N-ethyl adjacent to an activating group) is 1. The second kappa shape index (κ2) is 6.47. The monoisotopic (exact) mass is 263 g/mol. The van der Waals surface area contributed by atoms with E-state index in [4.69, 9.17) is 4.74 Å². The van der Waals surface area contributed by atoms with Gasteiger partial charge in [-0.1, -0.05) is 11.3 Å². The molecule has 1 aromatic carbocycles. The first-order valence-corrected chi connectivity index (χ1v) is 6.85. The molecule has 0 saturated carbocycles. The summed E-state index contributed by atoms with van der Waals surface area (Å²) in [6.45, 7) is 3.59. The quantitative estimate of drug-likeness (QED) is 0.869. The molecule has 4 nitrogen and oxygen atoms in total. The first-order chi connectivity index (χ1) is 8.83. The Morgan fingerprint density at radius 1 is 1.22 bits per heavy atom. The number of ether oxygens (including phenoxy) is 1. The highest BCUT2D eigenvalue weighted by Crippen LogP contribution is 2.25. The van der Waals surface area contributed by atoms with Gasteiger partial charge in [-0.15, -0.1) is 10.2 Å². The number of nitrogens with zero attached hydrogens (tertiary/aromatic N) is 2. The van der Waals surface area contributed by atoms with Crippen LogP contribution in [0.4, 0.5) is 0 Å². The van der Waals surface area contributed by atoms with Gasteiger partial charge in [0.25, 0.3) is 0 Å². The SMILES string of the molecule is CCOc1ccc(-c2nnc(CCNC)s2)cc1. The summed E-state index contributed by atoms with van der Waals surface area (Å²) >= 11 is 1.64. The van der Waals surface area contributed by atoms with Crippen LogP contribution in [0.3, 0.4) is 0 Å². The third-order valence-electron chi connectivity index (χ3n) is 2.47. The summed E-state index contributed by atoms with van der Waals surface area (Å²) in [7, 11) is 1.94. The van der Waals surface area contributed by atoms with E-state index in [0.29, 0.717) is 6.61 Å². The van der Waals surface area contributed by atoms with E-state index < -0.39 is 0 Å². The molecule has 18 heavy (non-hydrogen) atoms. The highest BCUT2D eigenvalue weighted by molar-refractivity contribution is 7.14. The minimum Gasteiger partial charge on any atom is -0.494 e. The average molecular weight is 263 g/mol. The molecule has 0 bridgehead atoms. The molecule has 1 N–H and O–H groups in total. The van der Waals surface area contributed by atoms with Gasteiger partial charge in [0, 0.05) is 18.5 Å². The van der Waals surface area contributed by atoms with Gasteiger partial charge in [-0.3, -0.25) is 0 Å². The topological polar surface area (TPSA) is 47.0 Å². The van der Waals surface area contributed by atoms with Gasteiger partial charge in [-0.25, -0.2) is 0 Å². The van der Waals surface area contributed by atoms with Crippen molar-refractivity contribution in [1.82, 2.24) is 15.5 Å². The highest BCUT2D eigenvalue weighted by Gasteiger charge is 2.06. The average Bonchev–Trinajstić information content (AvgIpc) is 2.86. The Bertz CT molecular complexity index is 481. The fourth-order valence-corrected chi connectivity index (χ4v) is 2.41. The van der Waals surface area contributed by atoms with Crippen LogP contribution in [0.15, 0.2) is 24.3 Å². The number of hydrogen-bond donors (Lipinski definition) is 1. The molecule has 1 heterocycles. The fourth-order valence-electron chi connectivity index (χ4n) is 1.56. The van der Waals surface area contributed by atoms with Gasteiger partial charge in [0.2, 0.25) is 0 Å². The molecule has 0 fully saturated rings. The third kappa shape index (κ3) is 3.27. The van der Waals surface area contributed by atoms with Gasteiger partial charge in [0.1, 0.15) is 15.8 Å². The van der Waals surface area contributed by atoms with E-state index in [9.17, 15) is 0 Å². The van der Waals surface area contributed by atoms with E-state index >= 15 is 0 Å². The molecule has 0 radical (unpaired) electrons. The highest BCUT2D eigenvalue weighted by atomic mass is 32.1. The maximum atomic E-state index is 5.41. The Morgan fingerprint density at radius 3 is 2.67 bits per heavy atom. The lowest BCUT2D eigenvalue weighted by molar-refractivity contribution is 0.340. The van der Waals surface area contributed by atoms with E-state index in [1.165, 1.54) is 0 Å². The number of aromatic nitrogens is 2. The summed E-state index contributed by atoms with van der Waals surface area (Å²) in [5.74, 6) is 0.890. The molecule has 0 aliphatic rings. The first kappa shape index (κ1) is 13.0. The largest absolute Gasteiger partial charge is 0.494 e. The molecule has 0 saturated heterocycles. The second-order valence-electron chi connectivity index (χ2n) is 3.81. The molecule has 5 heteroatoms. The zero-order chi connectivity index (χ0) is 12.8. The van der Waals surface area contributed by atoms with Crippen LogP contribution in [0.1, 0.15) is 11.9 Å². The summed E-state index contributed by atoms with van der Waals surface area (Å²) in [6.07, 6.45) is 0.922.